The van der Waals surface area contributed by atoms with Gasteiger partial charge in [-0.2, -0.15) is 4.37 Å². The number of nitrogens with zero attached hydrogens (tertiary/aromatic N) is 2. The van der Waals surface area contributed by atoms with Gasteiger partial charge in [0, 0.05) is 24.8 Å². The van der Waals surface area contributed by atoms with Crippen molar-refractivity contribution >= 4 is 16.5 Å². The van der Waals surface area contributed by atoms with Crippen LogP contribution >= 0.6 is 11.5 Å². The van der Waals surface area contributed by atoms with Crippen LogP contribution in [-0.4, -0.2) is 29.5 Å². The molecular formula is C10H15N3S. The first-order valence-electron chi connectivity index (χ1n) is 5.29. The summed E-state index contributed by atoms with van der Waals surface area (Å²) < 4.78 is 4.16. The van der Waals surface area contributed by atoms with Gasteiger partial charge in [0.1, 0.15) is 5.00 Å². The maximum absolute atomic E-state index is 4.16. The predicted molar refractivity (Wildman–Crippen MR) is 58.9 cm³/mol. The number of hydrogen-bond donors (Lipinski definition) is 1. The predicted octanol–water partition coefficient (Wildman–Crippen LogP) is 1.48. The Morgan fingerprint density at radius 1 is 1.50 bits per heavy atom. The van der Waals surface area contributed by atoms with E-state index < -0.39 is 0 Å². The summed E-state index contributed by atoms with van der Waals surface area (Å²) in [7, 11) is 0. The van der Waals surface area contributed by atoms with E-state index in [2.05, 4.69) is 20.7 Å². The monoisotopic (exact) mass is 209 g/mol. The number of aromatic nitrogens is 1. The fourth-order valence-corrected chi connectivity index (χ4v) is 3.27. The third-order valence-electron chi connectivity index (χ3n) is 3.42. The number of rotatable bonds is 1. The van der Waals surface area contributed by atoms with E-state index in [1.807, 2.05) is 6.20 Å². The van der Waals surface area contributed by atoms with Gasteiger partial charge in [-0.1, -0.05) is 0 Å². The highest BCUT2D eigenvalue weighted by molar-refractivity contribution is 7.10. The van der Waals surface area contributed by atoms with Gasteiger partial charge in [-0.25, -0.2) is 0 Å². The SMILES string of the molecule is c1cc(N2CCC3(CCCN3)C2)sn1. The van der Waals surface area contributed by atoms with Crippen LogP contribution in [0.25, 0.3) is 0 Å². The standard InChI is InChI=1S/C10H15N3S/c1-3-10(11-5-1)4-7-13(8-10)9-2-6-12-14-9/h2,6,11H,1,3-5,7-8H2. The van der Waals surface area contributed by atoms with Gasteiger partial charge in [-0.15, -0.1) is 0 Å². The molecule has 2 saturated heterocycles. The van der Waals surface area contributed by atoms with Gasteiger partial charge in [0.05, 0.1) is 0 Å². The normalized spacial score (nSPS) is 31.9. The average molecular weight is 209 g/mol. The second-order valence-corrected chi connectivity index (χ2v) is 5.14. The lowest BCUT2D eigenvalue weighted by molar-refractivity contribution is 0.419. The lowest BCUT2D eigenvalue weighted by Gasteiger charge is -2.24. The van der Waals surface area contributed by atoms with E-state index in [4.69, 9.17) is 0 Å². The van der Waals surface area contributed by atoms with Crippen molar-refractivity contribution in [2.45, 2.75) is 24.8 Å². The van der Waals surface area contributed by atoms with Gasteiger partial charge in [-0.3, -0.25) is 0 Å². The molecule has 3 rings (SSSR count). The first-order chi connectivity index (χ1) is 6.88. The molecule has 0 bridgehead atoms. The smallest absolute Gasteiger partial charge is 0.112 e. The second-order valence-electron chi connectivity index (χ2n) is 4.33. The molecule has 4 heteroatoms. The van der Waals surface area contributed by atoms with Crippen LogP contribution in [0.1, 0.15) is 19.3 Å². The third kappa shape index (κ3) is 1.33. The van der Waals surface area contributed by atoms with Crippen molar-refractivity contribution in [2.24, 2.45) is 0 Å². The van der Waals surface area contributed by atoms with Crippen molar-refractivity contribution in [1.82, 2.24) is 9.69 Å². The molecule has 2 fully saturated rings. The second kappa shape index (κ2) is 3.21. The summed E-state index contributed by atoms with van der Waals surface area (Å²) in [5.41, 5.74) is 0.435. The minimum atomic E-state index is 0.435. The molecule has 0 radical (unpaired) electrons. The number of nitrogens with one attached hydrogen (secondary N) is 1. The zero-order valence-electron chi connectivity index (χ0n) is 8.20. The van der Waals surface area contributed by atoms with E-state index in [0.717, 1.165) is 0 Å². The molecule has 14 heavy (non-hydrogen) atoms. The topological polar surface area (TPSA) is 28.2 Å². The van der Waals surface area contributed by atoms with Gasteiger partial charge in [0.15, 0.2) is 0 Å². The fraction of sp³-hybridized carbons (Fsp3) is 0.700. The Bertz CT molecular complexity index is 303. The van der Waals surface area contributed by atoms with Gasteiger partial charge in [0.2, 0.25) is 0 Å². The molecule has 1 aromatic heterocycles. The Balaban J connectivity index is 1.75. The average Bonchev–Trinajstić information content (AvgIpc) is 2.91. The molecule has 1 spiro atoms. The molecule has 3 heterocycles. The number of hydrogen-bond acceptors (Lipinski definition) is 4. The van der Waals surface area contributed by atoms with Crippen molar-refractivity contribution < 1.29 is 0 Å². The first-order valence-corrected chi connectivity index (χ1v) is 6.06. The lowest BCUT2D eigenvalue weighted by atomic mass is 9.97. The maximum atomic E-state index is 4.16. The highest BCUT2D eigenvalue weighted by atomic mass is 32.1. The molecule has 0 saturated carbocycles. The molecular weight excluding hydrogens is 194 g/mol. The van der Waals surface area contributed by atoms with Crippen LogP contribution in [0, 0.1) is 0 Å². The van der Waals surface area contributed by atoms with Crippen LogP contribution in [0.5, 0.6) is 0 Å². The molecule has 1 aromatic rings. The van der Waals surface area contributed by atoms with Crippen molar-refractivity contribution in [3.8, 4) is 0 Å². The van der Waals surface area contributed by atoms with Crippen LogP contribution in [0.15, 0.2) is 12.3 Å². The highest BCUT2D eigenvalue weighted by Crippen LogP contribution is 2.33. The summed E-state index contributed by atoms with van der Waals surface area (Å²) in [5, 5.41) is 5.00. The van der Waals surface area contributed by atoms with Gasteiger partial charge < -0.3 is 10.2 Å². The lowest BCUT2D eigenvalue weighted by Crippen LogP contribution is -2.42. The molecule has 3 nitrogen and oxygen atoms in total. The molecule has 2 aliphatic heterocycles. The summed E-state index contributed by atoms with van der Waals surface area (Å²) in [5.74, 6) is 0. The summed E-state index contributed by atoms with van der Waals surface area (Å²) in [4.78, 5) is 2.47. The van der Waals surface area contributed by atoms with E-state index >= 15 is 0 Å². The molecule has 1 atom stereocenters. The molecule has 0 aliphatic carbocycles. The minimum Gasteiger partial charge on any atom is -0.360 e. The van der Waals surface area contributed by atoms with Crippen molar-refractivity contribution in [3.05, 3.63) is 12.3 Å². The summed E-state index contributed by atoms with van der Waals surface area (Å²) in [6, 6.07) is 2.12. The van der Waals surface area contributed by atoms with Crippen molar-refractivity contribution in [3.63, 3.8) is 0 Å². The van der Waals surface area contributed by atoms with Crippen molar-refractivity contribution in [1.29, 1.82) is 0 Å². The Morgan fingerprint density at radius 2 is 2.50 bits per heavy atom. The van der Waals surface area contributed by atoms with Crippen molar-refractivity contribution in [2.75, 3.05) is 24.5 Å². The fourth-order valence-electron chi connectivity index (χ4n) is 2.65. The van der Waals surface area contributed by atoms with Crippen LogP contribution in [0.4, 0.5) is 5.00 Å². The van der Waals surface area contributed by atoms with Crippen LogP contribution in [0.2, 0.25) is 0 Å². The van der Waals surface area contributed by atoms with Crippen LogP contribution in [0.3, 0.4) is 0 Å². The Kier molecular flexibility index (Phi) is 1.99. The molecule has 76 valence electrons. The van der Waals surface area contributed by atoms with Crippen LogP contribution in [-0.2, 0) is 0 Å². The minimum absolute atomic E-state index is 0.435. The van der Waals surface area contributed by atoms with E-state index in [-0.39, 0.29) is 0 Å². The Hall–Kier alpha value is -0.610. The largest absolute Gasteiger partial charge is 0.360 e. The van der Waals surface area contributed by atoms with E-state index in [9.17, 15) is 0 Å². The molecule has 0 amide bonds. The quantitative estimate of drug-likeness (QED) is 0.759. The summed E-state index contributed by atoms with van der Waals surface area (Å²) >= 11 is 1.61. The first kappa shape index (κ1) is 8.68. The van der Waals surface area contributed by atoms with Crippen LogP contribution < -0.4 is 10.2 Å². The molecule has 2 aliphatic rings. The van der Waals surface area contributed by atoms with Gasteiger partial charge in [-0.05, 0) is 43.4 Å². The Morgan fingerprint density at radius 3 is 3.21 bits per heavy atom. The molecule has 0 aromatic carbocycles. The van der Waals surface area contributed by atoms with E-state index in [0.29, 0.717) is 5.54 Å². The van der Waals surface area contributed by atoms with Gasteiger partial charge >= 0.3 is 0 Å². The maximum Gasteiger partial charge on any atom is 0.112 e. The zero-order valence-corrected chi connectivity index (χ0v) is 9.02. The molecule has 1 unspecified atom stereocenters. The van der Waals surface area contributed by atoms with Gasteiger partial charge in [0.25, 0.3) is 0 Å². The third-order valence-corrected chi connectivity index (χ3v) is 4.23. The zero-order chi connectivity index (χ0) is 9.43. The highest BCUT2D eigenvalue weighted by Gasteiger charge is 2.40. The Labute approximate surface area is 88.3 Å². The summed E-state index contributed by atoms with van der Waals surface area (Å²) in [6.45, 7) is 3.57. The van der Waals surface area contributed by atoms with E-state index in [1.54, 1.807) is 11.5 Å². The summed E-state index contributed by atoms with van der Waals surface area (Å²) in [6.07, 6.45) is 5.89. The number of anilines is 1. The van der Waals surface area contributed by atoms with E-state index in [1.165, 1.54) is 43.9 Å². The molecule has 1 N–H and O–H groups in total.